The lowest BCUT2D eigenvalue weighted by atomic mass is 9.94. The fraction of sp³-hybridized carbons (Fsp3) is 0.955. The number of aliphatic hydroxyl groups is 2. The first-order chi connectivity index (χ1) is 14.3. The SMILES string of the molecule is CCCCC(O)(COCCOCC)CC(=O)OC(O)(CCCC)COCCOCC. The van der Waals surface area contributed by atoms with E-state index in [-0.39, 0.29) is 26.1 Å². The van der Waals surface area contributed by atoms with Crippen LogP contribution in [0.4, 0.5) is 0 Å². The van der Waals surface area contributed by atoms with Gasteiger partial charge in [-0.1, -0.05) is 33.1 Å². The second kappa shape index (κ2) is 17.9. The van der Waals surface area contributed by atoms with Gasteiger partial charge in [-0.2, -0.15) is 0 Å². The Bertz CT molecular complexity index is 384. The number of ether oxygens (including phenoxy) is 5. The van der Waals surface area contributed by atoms with Crippen LogP contribution >= 0.6 is 0 Å². The summed E-state index contributed by atoms with van der Waals surface area (Å²) >= 11 is 0. The maximum atomic E-state index is 12.6. The molecule has 0 aliphatic carbocycles. The fourth-order valence-electron chi connectivity index (χ4n) is 2.86. The van der Waals surface area contributed by atoms with Gasteiger partial charge in [-0.3, -0.25) is 4.79 Å². The highest BCUT2D eigenvalue weighted by atomic mass is 16.7. The fourth-order valence-corrected chi connectivity index (χ4v) is 2.86. The molecule has 2 atom stereocenters. The van der Waals surface area contributed by atoms with Crippen LogP contribution in [0.1, 0.15) is 72.6 Å². The van der Waals surface area contributed by atoms with Crippen LogP contribution in [0.3, 0.4) is 0 Å². The molecule has 0 aromatic heterocycles. The maximum absolute atomic E-state index is 12.6. The Labute approximate surface area is 182 Å². The van der Waals surface area contributed by atoms with Gasteiger partial charge in [-0.25, -0.2) is 0 Å². The van der Waals surface area contributed by atoms with Gasteiger partial charge in [0.1, 0.15) is 6.61 Å². The van der Waals surface area contributed by atoms with Crippen molar-refractivity contribution in [1.29, 1.82) is 0 Å². The monoisotopic (exact) mass is 436 g/mol. The molecule has 30 heavy (non-hydrogen) atoms. The molecule has 0 fully saturated rings. The molecule has 0 bridgehead atoms. The van der Waals surface area contributed by atoms with Gasteiger partial charge in [0.05, 0.1) is 45.1 Å². The Morgan fingerprint density at radius 3 is 1.77 bits per heavy atom. The molecule has 0 amide bonds. The van der Waals surface area contributed by atoms with Crippen molar-refractivity contribution < 1.29 is 38.7 Å². The summed E-state index contributed by atoms with van der Waals surface area (Å²) in [6.45, 7) is 10.3. The summed E-state index contributed by atoms with van der Waals surface area (Å²) in [6, 6.07) is 0. The summed E-state index contributed by atoms with van der Waals surface area (Å²) in [6.07, 6.45) is 3.57. The van der Waals surface area contributed by atoms with Crippen LogP contribution in [0.2, 0.25) is 0 Å². The molecule has 0 radical (unpaired) electrons. The smallest absolute Gasteiger partial charge is 0.311 e. The normalized spacial score (nSPS) is 15.5. The first-order valence-corrected chi connectivity index (χ1v) is 11.3. The summed E-state index contributed by atoms with van der Waals surface area (Å²) in [4.78, 5) is 12.6. The minimum Gasteiger partial charge on any atom is -0.431 e. The molecule has 0 saturated carbocycles. The Balaban J connectivity index is 4.78. The van der Waals surface area contributed by atoms with Crippen LogP contribution in [0, 0.1) is 0 Å². The largest absolute Gasteiger partial charge is 0.431 e. The van der Waals surface area contributed by atoms with E-state index in [0.29, 0.717) is 52.5 Å². The molecule has 0 saturated heterocycles. The van der Waals surface area contributed by atoms with Gasteiger partial charge in [-0.05, 0) is 26.7 Å². The number of unbranched alkanes of at least 4 members (excludes halogenated alkanes) is 2. The Morgan fingerprint density at radius 2 is 1.23 bits per heavy atom. The summed E-state index contributed by atoms with van der Waals surface area (Å²) in [7, 11) is 0. The van der Waals surface area contributed by atoms with E-state index in [4.69, 9.17) is 23.7 Å². The highest BCUT2D eigenvalue weighted by Gasteiger charge is 2.36. The molecule has 0 spiro atoms. The molecule has 0 aromatic carbocycles. The van der Waals surface area contributed by atoms with Crippen LogP contribution < -0.4 is 0 Å². The van der Waals surface area contributed by atoms with Crippen molar-refractivity contribution in [2.45, 2.75) is 84.0 Å². The molecule has 180 valence electrons. The van der Waals surface area contributed by atoms with Crippen molar-refractivity contribution in [3.05, 3.63) is 0 Å². The van der Waals surface area contributed by atoms with Crippen LogP contribution in [0.15, 0.2) is 0 Å². The Hall–Kier alpha value is -0.770. The molecule has 2 unspecified atom stereocenters. The topological polar surface area (TPSA) is 104 Å². The van der Waals surface area contributed by atoms with E-state index in [1.165, 1.54) is 0 Å². The third-order valence-corrected chi connectivity index (χ3v) is 4.54. The Morgan fingerprint density at radius 1 is 0.733 bits per heavy atom. The number of carbonyl (C=O) groups is 1. The lowest BCUT2D eigenvalue weighted by molar-refractivity contribution is -0.236. The quantitative estimate of drug-likeness (QED) is 0.161. The molecular weight excluding hydrogens is 392 g/mol. The maximum Gasteiger partial charge on any atom is 0.311 e. The number of esters is 1. The standard InChI is InChI=1S/C22H44O8/c1-5-9-11-21(24,18-28-15-13-26-7-3)17-20(23)30-22(25,12-10-6-2)19-29-16-14-27-8-4/h24-25H,5-19H2,1-4H3. The van der Waals surface area contributed by atoms with Crippen molar-refractivity contribution in [2.24, 2.45) is 0 Å². The van der Waals surface area contributed by atoms with Crippen LogP contribution in [-0.2, 0) is 28.5 Å². The van der Waals surface area contributed by atoms with E-state index in [1.807, 2.05) is 27.7 Å². The van der Waals surface area contributed by atoms with Gasteiger partial charge < -0.3 is 33.9 Å². The number of hydrogen-bond acceptors (Lipinski definition) is 8. The molecule has 0 rings (SSSR count). The minimum atomic E-state index is -1.72. The van der Waals surface area contributed by atoms with Gasteiger partial charge in [0, 0.05) is 19.6 Å². The highest BCUT2D eigenvalue weighted by molar-refractivity contribution is 5.71. The molecule has 2 N–H and O–H groups in total. The zero-order valence-corrected chi connectivity index (χ0v) is 19.5. The molecule has 8 nitrogen and oxygen atoms in total. The number of hydrogen-bond donors (Lipinski definition) is 2. The summed E-state index contributed by atoms with van der Waals surface area (Å²) in [5.41, 5.74) is -1.35. The summed E-state index contributed by atoms with van der Waals surface area (Å²) in [5.74, 6) is -2.39. The second-order valence-electron chi connectivity index (χ2n) is 7.53. The zero-order chi connectivity index (χ0) is 22.7. The molecular formula is C22H44O8. The molecule has 0 aliphatic heterocycles. The van der Waals surface area contributed by atoms with Crippen molar-refractivity contribution >= 4 is 5.97 Å². The highest BCUT2D eigenvalue weighted by Crippen LogP contribution is 2.24. The third-order valence-electron chi connectivity index (χ3n) is 4.54. The molecule has 0 heterocycles. The van der Waals surface area contributed by atoms with Gasteiger partial charge in [0.2, 0.25) is 5.79 Å². The van der Waals surface area contributed by atoms with Gasteiger partial charge >= 0.3 is 5.97 Å². The van der Waals surface area contributed by atoms with E-state index in [0.717, 1.165) is 19.3 Å². The number of rotatable bonds is 21. The van der Waals surface area contributed by atoms with Crippen LogP contribution in [-0.4, -0.2) is 80.4 Å². The van der Waals surface area contributed by atoms with E-state index in [2.05, 4.69) is 0 Å². The van der Waals surface area contributed by atoms with E-state index in [1.54, 1.807) is 0 Å². The van der Waals surface area contributed by atoms with Crippen molar-refractivity contribution in [3.8, 4) is 0 Å². The van der Waals surface area contributed by atoms with Crippen molar-refractivity contribution in [2.75, 3.05) is 52.9 Å². The molecule has 0 aromatic rings. The zero-order valence-electron chi connectivity index (χ0n) is 19.5. The van der Waals surface area contributed by atoms with E-state index in [9.17, 15) is 15.0 Å². The van der Waals surface area contributed by atoms with Crippen LogP contribution in [0.25, 0.3) is 0 Å². The minimum absolute atomic E-state index is 0.00736. The average Bonchev–Trinajstić information content (AvgIpc) is 2.70. The lowest BCUT2D eigenvalue weighted by Crippen LogP contribution is -2.44. The van der Waals surface area contributed by atoms with E-state index < -0.39 is 17.4 Å². The average molecular weight is 437 g/mol. The number of carbonyl (C=O) groups excluding carboxylic acids is 1. The van der Waals surface area contributed by atoms with Gasteiger partial charge in [0.25, 0.3) is 0 Å². The van der Waals surface area contributed by atoms with E-state index >= 15 is 0 Å². The van der Waals surface area contributed by atoms with Crippen LogP contribution in [0.5, 0.6) is 0 Å². The third kappa shape index (κ3) is 15.1. The lowest BCUT2D eigenvalue weighted by Gasteiger charge is -2.31. The van der Waals surface area contributed by atoms with Crippen molar-refractivity contribution in [1.82, 2.24) is 0 Å². The molecule has 0 aliphatic rings. The predicted octanol–water partition coefficient (Wildman–Crippen LogP) is 2.83. The Kier molecular flexibility index (Phi) is 17.4. The van der Waals surface area contributed by atoms with Crippen molar-refractivity contribution in [3.63, 3.8) is 0 Å². The second-order valence-corrected chi connectivity index (χ2v) is 7.53. The first kappa shape index (κ1) is 29.2. The first-order valence-electron chi connectivity index (χ1n) is 11.3. The molecule has 8 heteroatoms. The van der Waals surface area contributed by atoms with Gasteiger partial charge in [0.15, 0.2) is 0 Å². The summed E-state index contributed by atoms with van der Waals surface area (Å²) < 4.78 is 26.8. The van der Waals surface area contributed by atoms with Gasteiger partial charge in [-0.15, -0.1) is 0 Å². The summed E-state index contributed by atoms with van der Waals surface area (Å²) in [5, 5.41) is 21.7. The predicted molar refractivity (Wildman–Crippen MR) is 114 cm³/mol.